The molecule has 5 heteroatoms. The first-order valence-corrected chi connectivity index (χ1v) is 7.87. The highest BCUT2D eigenvalue weighted by molar-refractivity contribution is 6.31. The highest BCUT2D eigenvalue weighted by atomic mass is 35.5. The first kappa shape index (κ1) is 15.6. The van der Waals surface area contributed by atoms with Gasteiger partial charge < -0.3 is 10.2 Å². The van der Waals surface area contributed by atoms with Gasteiger partial charge in [-0.15, -0.1) is 0 Å². The number of anilines is 2. The number of halogens is 1. The standard InChI is InChI=1S/C18H17ClN2O2/c1-12-11-21(16-9-5-4-8-15(16)20-18(12)23)17(22)10-13-6-2-3-7-14(13)19/h2-9,12H,10-11H2,1H3,(H,20,23)/t12-/m0/s1. The highest BCUT2D eigenvalue weighted by Crippen LogP contribution is 2.30. The molecule has 0 unspecified atom stereocenters. The van der Waals surface area contributed by atoms with Crippen LogP contribution < -0.4 is 10.2 Å². The van der Waals surface area contributed by atoms with Gasteiger partial charge in [-0.1, -0.05) is 48.9 Å². The Labute approximate surface area is 140 Å². The molecule has 4 nitrogen and oxygen atoms in total. The number of benzene rings is 2. The van der Waals surface area contributed by atoms with Crippen LogP contribution in [0.4, 0.5) is 11.4 Å². The van der Waals surface area contributed by atoms with Crippen molar-refractivity contribution < 1.29 is 9.59 Å². The maximum absolute atomic E-state index is 12.8. The Morgan fingerprint density at radius 2 is 1.91 bits per heavy atom. The minimum Gasteiger partial charge on any atom is -0.324 e. The summed E-state index contributed by atoms with van der Waals surface area (Å²) in [7, 11) is 0. The summed E-state index contributed by atoms with van der Waals surface area (Å²) in [5, 5.41) is 3.45. The molecular formula is C18H17ClN2O2. The van der Waals surface area contributed by atoms with Crippen LogP contribution in [0.1, 0.15) is 12.5 Å². The van der Waals surface area contributed by atoms with Crippen LogP contribution in [0.15, 0.2) is 48.5 Å². The lowest BCUT2D eigenvalue weighted by atomic mass is 10.1. The first-order valence-electron chi connectivity index (χ1n) is 7.50. The lowest BCUT2D eigenvalue weighted by Gasteiger charge is -2.23. The van der Waals surface area contributed by atoms with E-state index in [1.165, 1.54) is 0 Å². The van der Waals surface area contributed by atoms with Gasteiger partial charge in [-0.2, -0.15) is 0 Å². The number of nitrogens with zero attached hydrogens (tertiary/aromatic N) is 1. The Kier molecular flexibility index (Phi) is 4.35. The smallest absolute Gasteiger partial charge is 0.231 e. The molecule has 0 saturated carbocycles. The molecule has 2 aromatic carbocycles. The third-order valence-electron chi connectivity index (χ3n) is 3.96. The SMILES string of the molecule is C[C@H]1CN(C(=O)Cc2ccccc2Cl)c2ccccc2NC1=O. The quantitative estimate of drug-likeness (QED) is 0.917. The first-order chi connectivity index (χ1) is 11.1. The lowest BCUT2D eigenvalue weighted by molar-refractivity contribution is -0.119. The van der Waals surface area contributed by atoms with E-state index < -0.39 is 0 Å². The zero-order valence-electron chi connectivity index (χ0n) is 12.8. The molecule has 1 N–H and O–H groups in total. The molecule has 0 fully saturated rings. The third-order valence-corrected chi connectivity index (χ3v) is 4.33. The molecule has 2 amide bonds. The van der Waals surface area contributed by atoms with Crippen LogP contribution in [-0.4, -0.2) is 18.4 Å². The molecular weight excluding hydrogens is 312 g/mol. The summed E-state index contributed by atoms with van der Waals surface area (Å²) in [6, 6.07) is 14.7. The van der Waals surface area contributed by atoms with Gasteiger partial charge >= 0.3 is 0 Å². The largest absolute Gasteiger partial charge is 0.324 e. The fraction of sp³-hybridized carbons (Fsp3) is 0.222. The topological polar surface area (TPSA) is 49.4 Å². The van der Waals surface area contributed by atoms with Crippen molar-refractivity contribution in [3.63, 3.8) is 0 Å². The maximum atomic E-state index is 12.8. The Morgan fingerprint density at radius 1 is 1.22 bits per heavy atom. The number of hydrogen-bond acceptors (Lipinski definition) is 2. The minimum atomic E-state index is -0.280. The van der Waals surface area contributed by atoms with Gasteiger partial charge in [0.25, 0.3) is 0 Å². The van der Waals surface area contributed by atoms with E-state index in [4.69, 9.17) is 11.6 Å². The molecule has 3 rings (SSSR count). The minimum absolute atomic E-state index is 0.0751. The van der Waals surface area contributed by atoms with Crippen molar-refractivity contribution in [2.24, 2.45) is 5.92 Å². The van der Waals surface area contributed by atoms with E-state index in [1.807, 2.05) is 43.3 Å². The average molecular weight is 329 g/mol. The van der Waals surface area contributed by atoms with Crippen molar-refractivity contribution in [1.82, 2.24) is 0 Å². The van der Waals surface area contributed by atoms with E-state index in [0.717, 1.165) is 11.3 Å². The summed E-state index contributed by atoms with van der Waals surface area (Å²) in [5.41, 5.74) is 2.17. The fourth-order valence-corrected chi connectivity index (χ4v) is 2.86. The van der Waals surface area contributed by atoms with Gasteiger partial charge in [0.1, 0.15) is 0 Å². The van der Waals surface area contributed by atoms with E-state index in [9.17, 15) is 9.59 Å². The van der Waals surface area contributed by atoms with E-state index >= 15 is 0 Å². The molecule has 23 heavy (non-hydrogen) atoms. The Hall–Kier alpha value is -2.33. The van der Waals surface area contributed by atoms with Crippen LogP contribution in [0.5, 0.6) is 0 Å². The number of hydrogen-bond donors (Lipinski definition) is 1. The molecule has 0 aliphatic carbocycles. The van der Waals surface area contributed by atoms with Crippen LogP contribution in [0.2, 0.25) is 5.02 Å². The Bertz CT molecular complexity index is 760. The molecule has 0 saturated heterocycles. The van der Waals surface area contributed by atoms with E-state index in [0.29, 0.717) is 17.3 Å². The van der Waals surface area contributed by atoms with Gasteiger partial charge in [-0.3, -0.25) is 9.59 Å². The predicted molar refractivity (Wildman–Crippen MR) is 91.7 cm³/mol. The van der Waals surface area contributed by atoms with Crippen molar-refractivity contribution >= 4 is 34.8 Å². The summed E-state index contributed by atoms with van der Waals surface area (Å²) < 4.78 is 0. The fourth-order valence-electron chi connectivity index (χ4n) is 2.66. The van der Waals surface area contributed by atoms with E-state index in [2.05, 4.69) is 5.32 Å². The summed E-state index contributed by atoms with van der Waals surface area (Å²) in [5.74, 6) is -0.433. The van der Waals surface area contributed by atoms with Crippen molar-refractivity contribution in [3.05, 3.63) is 59.1 Å². The molecule has 1 aliphatic rings. The summed E-state index contributed by atoms with van der Waals surface area (Å²) in [6.07, 6.45) is 0.203. The van der Waals surface area contributed by atoms with Gasteiger partial charge in [0.05, 0.1) is 23.7 Å². The summed E-state index contributed by atoms with van der Waals surface area (Å²) in [6.45, 7) is 2.17. The monoisotopic (exact) mass is 328 g/mol. The van der Waals surface area contributed by atoms with Gasteiger partial charge in [-0.05, 0) is 23.8 Å². The number of rotatable bonds is 2. The lowest BCUT2D eigenvalue weighted by Crippen LogP contribution is -2.36. The third kappa shape index (κ3) is 3.22. The normalized spacial score (nSPS) is 17.2. The van der Waals surface area contributed by atoms with Crippen molar-refractivity contribution in [1.29, 1.82) is 0 Å². The zero-order chi connectivity index (χ0) is 16.4. The number of amides is 2. The van der Waals surface area contributed by atoms with Crippen LogP contribution in [-0.2, 0) is 16.0 Å². The molecule has 1 aliphatic heterocycles. The van der Waals surface area contributed by atoms with Crippen LogP contribution in [0, 0.1) is 5.92 Å². The van der Waals surface area contributed by atoms with Crippen LogP contribution in [0.25, 0.3) is 0 Å². The maximum Gasteiger partial charge on any atom is 0.231 e. The second kappa shape index (κ2) is 6.42. The van der Waals surface area contributed by atoms with Gasteiger partial charge in [-0.25, -0.2) is 0 Å². The number of nitrogens with one attached hydrogen (secondary N) is 1. The number of carbonyl (C=O) groups excluding carboxylic acids is 2. The van der Waals surface area contributed by atoms with Gasteiger partial charge in [0.2, 0.25) is 11.8 Å². The van der Waals surface area contributed by atoms with Crippen LogP contribution in [0.3, 0.4) is 0 Å². The second-order valence-corrected chi connectivity index (χ2v) is 6.09. The molecule has 2 aromatic rings. The number of fused-ring (bicyclic) bond motifs is 1. The second-order valence-electron chi connectivity index (χ2n) is 5.68. The summed E-state index contributed by atoms with van der Waals surface area (Å²) >= 11 is 6.15. The highest BCUT2D eigenvalue weighted by Gasteiger charge is 2.28. The molecule has 0 aromatic heterocycles. The molecule has 1 heterocycles. The van der Waals surface area contributed by atoms with Gasteiger partial charge in [0.15, 0.2) is 0 Å². The van der Waals surface area contributed by atoms with Crippen molar-refractivity contribution in [3.8, 4) is 0 Å². The molecule has 118 valence electrons. The van der Waals surface area contributed by atoms with Crippen LogP contribution >= 0.6 is 11.6 Å². The number of para-hydroxylation sites is 2. The molecule has 1 atom stereocenters. The van der Waals surface area contributed by atoms with E-state index in [-0.39, 0.29) is 24.2 Å². The molecule has 0 radical (unpaired) electrons. The Balaban J connectivity index is 1.93. The molecule has 0 bridgehead atoms. The Morgan fingerprint density at radius 3 is 2.70 bits per heavy atom. The zero-order valence-corrected chi connectivity index (χ0v) is 13.5. The number of carbonyl (C=O) groups is 2. The van der Waals surface area contributed by atoms with Gasteiger partial charge in [0, 0.05) is 11.6 Å². The van der Waals surface area contributed by atoms with Crippen molar-refractivity contribution in [2.45, 2.75) is 13.3 Å². The average Bonchev–Trinajstić information content (AvgIpc) is 2.67. The van der Waals surface area contributed by atoms with E-state index in [1.54, 1.807) is 17.0 Å². The summed E-state index contributed by atoms with van der Waals surface area (Å²) in [4.78, 5) is 26.6. The molecule has 0 spiro atoms. The predicted octanol–water partition coefficient (Wildman–Crippen LogP) is 3.50. The van der Waals surface area contributed by atoms with Crippen molar-refractivity contribution in [2.75, 3.05) is 16.8 Å².